The molecule has 3 aromatic rings. The summed E-state index contributed by atoms with van der Waals surface area (Å²) in [5.41, 5.74) is 4.98. The fraction of sp³-hybridized carbons (Fsp3) is 0.538. The van der Waals surface area contributed by atoms with Crippen molar-refractivity contribution in [3.63, 3.8) is 0 Å². The molecule has 244 valence electrons. The minimum Gasteiger partial charge on any atom is -0.461 e. The molecule has 1 aliphatic heterocycles. The molecule has 4 rings (SSSR count). The second kappa shape index (κ2) is 15.3. The number of aryl methyl sites for hydroxylation is 4. The number of ether oxygens (including phenoxy) is 2. The van der Waals surface area contributed by atoms with E-state index in [9.17, 15) is 14.7 Å². The SMILES string of the molecule is Cc1ccc(CCc2ccc3oc(C[C@@H](C)C(=O)OC[C@]4(CO)C/C(=C\CC(CC(C)C)CC(C)C)C(=O)O4)c(C)c3c2)cc1. The summed E-state index contributed by atoms with van der Waals surface area (Å²) in [5, 5.41) is 11.3. The van der Waals surface area contributed by atoms with Gasteiger partial charge < -0.3 is 19.0 Å². The molecule has 2 aromatic carbocycles. The molecule has 0 bridgehead atoms. The van der Waals surface area contributed by atoms with E-state index in [0.29, 0.717) is 29.7 Å². The molecule has 45 heavy (non-hydrogen) atoms. The fourth-order valence-corrected chi connectivity index (χ4v) is 6.44. The molecular formula is C39H52O6. The van der Waals surface area contributed by atoms with Crippen LogP contribution in [0.3, 0.4) is 0 Å². The first-order chi connectivity index (χ1) is 21.4. The molecule has 1 fully saturated rings. The average Bonchev–Trinajstić information content (AvgIpc) is 3.49. The zero-order chi connectivity index (χ0) is 32.7. The van der Waals surface area contributed by atoms with Crippen LogP contribution in [0.1, 0.15) is 88.3 Å². The maximum absolute atomic E-state index is 13.1. The predicted molar refractivity (Wildman–Crippen MR) is 179 cm³/mol. The van der Waals surface area contributed by atoms with Gasteiger partial charge in [-0.25, -0.2) is 4.79 Å². The van der Waals surface area contributed by atoms with Crippen LogP contribution in [0.2, 0.25) is 0 Å². The molecule has 0 aliphatic carbocycles. The molecule has 2 heterocycles. The van der Waals surface area contributed by atoms with E-state index < -0.39 is 30.1 Å². The Labute approximate surface area is 269 Å². The Balaban J connectivity index is 1.34. The molecule has 1 saturated heterocycles. The molecule has 6 heteroatoms. The monoisotopic (exact) mass is 616 g/mol. The number of aliphatic hydroxyl groups is 1. The number of fused-ring (bicyclic) bond motifs is 1. The van der Waals surface area contributed by atoms with Crippen molar-refractivity contribution in [2.24, 2.45) is 23.7 Å². The van der Waals surface area contributed by atoms with Gasteiger partial charge in [0.05, 0.1) is 12.5 Å². The second-order valence-electron chi connectivity index (χ2n) is 14.2. The normalized spacial score (nSPS) is 18.5. The van der Waals surface area contributed by atoms with E-state index in [-0.39, 0.29) is 13.0 Å². The molecule has 0 unspecified atom stereocenters. The summed E-state index contributed by atoms with van der Waals surface area (Å²) >= 11 is 0. The zero-order valence-electron chi connectivity index (χ0n) is 28.3. The molecule has 0 spiro atoms. The lowest BCUT2D eigenvalue weighted by Crippen LogP contribution is -2.40. The minimum atomic E-state index is -1.24. The Morgan fingerprint density at radius 1 is 0.978 bits per heavy atom. The Kier molecular flexibility index (Phi) is 11.7. The number of hydrogen-bond acceptors (Lipinski definition) is 6. The largest absolute Gasteiger partial charge is 0.461 e. The van der Waals surface area contributed by atoms with Crippen molar-refractivity contribution in [1.82, 2.24) is 0 Å². The van der Waals surface area contributed by atoms with Crippen molar-refractivity contribution in [1.29, 1.82) is 0 Å². The molecular weight excluding hydrogens is 564 g/mol. The quantitative estimate of drug-likeness (QED) is 0.137. The molecule has 0 amide bonds. The third-order valence-corrected chi connectivity index (χ3v) is 8.97. The molecule has 0 radical (unpaired) electrons. The predicted octanol–water partition coefficient (Wildman–Crippen LogP) is 8.26. The van der Waals surface area contributed by atoms with Crippen molar-refractivity contribution in [3.8, 4) is 0 Å². The summed E-state index contributed by atoms with van der Waals surface area (Å²) in [7, 11) is 0. The Hall–Kier alpha value is -3.38. The van der Waals surface area contributed by atoms with Gasteiger partial charge in [0.15, 0.2) is 5.60 Å². The third-order valence-electron chi connectivity index (χ3n) is 8.97. The summed E-state index contributed by atoms with van der Waals surface area (Å²) in [6.07, 6.45) is 7.48. The van der Waals surface area contributed by atoms with Crippen LogP contribution in [-0.2, 0) is 38.3 Å². The van der Waals surface area contributed by atoms with Crippen molar-refractivity contribution in [3.05, 3.63) is 82.1 Å². The molecule has 0 saturated carbocycles. The number of furan rings is 1. The van der Waals surface area contributed by atoms with Crippen LogP contribution in [0.25, 0.3) is 11.0 Å². The van der Waals surface area contributed by atoms with Crippen LogP contribution >= 0.6 is 0 Å². The van der Waals surface area contributed by atoms with Gasteiger partial charge in [-0.3, -0.25) is 4.79 Å². The van der Waals surface area contributed by atoms with E-state index in [1.54, 1.807) is 0 Å². The zero-order valence-corrected chi connectivity index (χ0v) is 28.3. The molecule has 6 nitrogen and oxygen atoms in total. The lowest BCUT2D eigenvalue weighted by atomic mass is 9.86. The van der Waals surface area contributed by atoms with Crippen LogP contribution < -0.4 is 0 Å². The summed E-state index contributed by atoms with van der Waals surface area (Å²) in [6.45, 7) is 14.2. The number of allylic oxidation sites excluding steroid dienone is 1. The van der Waals surface area contributed by atoms with Crippen molar-refractivity contribution in [2.75, 3.05) is 13.2 Å². The van der Waals surface area contributed by atoms with Gasteiger partial charge in [-0.05, 0) is 92.5 Å². The first-order valence-corrected chi connectivity index (χ1v) is 16.6. The van der Waals surface area contributed by atoms with Crippen LogP contribution in [-0.4, -0.2) is 35.9 Å². The van der Waals surface area contributed by atoms with E-state index in [1.807, 2.05) is 26.0 Å². The standard InChI is InChI=1S/C39H52O6/c1-25(2)18-32(19-26(3)4)14-16-33-22-39(23-40,45-38(33)42)24-43-37(41)28(6)20-36-29(7)34-21-31(15-17-35(34)44-36)13-12-30-10-8-27(5)9-11-30/h8-11,15-17,21,25-26,28,32,40H,12-14,18-20,22-24H2,1-7H3/b33-16+/t28-,39-/m1/s1. The number of aliphatic hydroxyl groups excluding tert-OH is 1. The number of carbonyl (C=O) groups excluding carboxylic acids is 2. The Morgan fingerprint density at radius 2 is 1.62 bits per heavy atom. The topological polar surface area (TPSA) is 86.0 Å². The highest BCUT2D eigenvalue weighted by Crippen LogP contribution is 2.34. The fourth-order valence-electron chi connectivity index (χ4n) is 6.44. The first kappa shape index (κ1) is 34.5. The van der Waals surface area contributed by atoms with E-state index in [0.717, 1.165) is 54.4 Å². The number of carbonyl (C=O) groups is 2. The van der Waals surface area contributed by atoms with E-state index in [4.69, 9.17) is 13.9 Å². The summed E-state index contributed by atoms with van der Waals surface area (Å²) < 4.78 is 17.4. The first-order valence-electron chi connectivity index (χ1n) is 16.6. The number of cyclic esters (lactones) is 1. The van der Waals surface area contributed by atoms with Crippen molar-refractivity contribution < 1.29 is 28.6 Å². The third kappa shape index (κ3) is 9.32. The summed E-state index contributed by atoms with van der Waals surface area (Å²) in [6, 6.07) is 15.0. The van der Waals surface area contributed by atoms with Gasteiger partial charge in [-0.1, -0.05) is 76.6 Å². The molecule has 1 N–H and O–H groups in total. The van der Waals surface area contributed by atoms with Gasteiger partial charge in [0.2, 0.25) is 0 Å². The Morgan fingerprint density at radius 3 is 2.27 bits per heavy atom. The highest BCUT2D eigenvalue weighted by Gasteiger charge is 2.44. The van der Waals surface area contributed by atoms with Gasteiger partial charge >= 0.3 is 11.9 Å². The maximum Gasteiger partial charge on any atom is 0.334 e. The molecule has 2 atom stereocenters. The lowest BCUT2D eigenvalue weighted by molar-refractivity contribution is -0.168. The van der Waals surface area contributed by atoms with E-state index in [1.165, 1.54) is 16.7 Å². The van der Waals surface area contributed by atoms with Crippen LogP contribution in [0.4, 0.5) is 0 Å². The lowest BCUT2D eigenvalue weighted by Gasteiger charge is -2.25. The number of hydrogen-bond donors (Lipinski definition) is 1. The summed E-state index contributed by atoms with van der Waals surface area (Å²) in [5.74, 6) is 1.09. The molecule has 1 aliphatic rings. The maximum atomic E-state index is 13.1. The van der Waals surface area contributed by atoms with E-state index >= 15 is 0 Å². The second-order valence-corrected chi connectivity index (χ2v) is 14.2. The number of benzene rings is 2. The van der Waals surface area contributed by atoms with Crippen LogP contribution in [0, 0.1) is 37.5 Å². The smallest absolute Gasteiger partial charge is 0.334 e. The minimum absolute atomic E-state index is 0.180. The average molecular weight is 617 g/mol. The van der Waals surface area contributed by atoms with Gasteiger partial charge in [0.25, 0.3) is 0 Å². The molecule has 1 aromatic heterocycles. The van der Waals surface area contributed by atoms with Crippen LogP contribution in [0.5, 0.6) is 0 Å². The van der Waals surface area contributed by atoms with Gasteiger partial charge in [0.1, 0.15) is 18.0 Å². The summed E-state index contributed by atoms with van der Waals surface area (Å²) in [4.78, 5) is 25.8. The highest BCUT2D eigenvalue weighted by molar-refractivity contribution is 5.91. The van der Waals surface area contributed by atoms with Crippen molar-refractivity contribution in [2.45, 2.75) is 99.0 Å². The highest BCUT2D eigenvalue weighted by atomic mass is 16.6. The van der Waals surface area contributed by atoms with Crippen LogP contribution in [0.15, 0.2) is 58.5 Å². The van der Waals surface area contributed by atoms with Crippen molar-refractivity contribution >= 4 is 22.9 Å². The van der Waals surface area contributed by atoms with E-state index in [2.05, 4.69) is 71.0 Å². The van der Waals surface area contributed by atoms with Gasteiger partial charge in [0, 0.05) is 23.8 Å². The number of rotatable bonds is 15. The number of esters is 2. The van der Waals surface area contributed by atoms with Gasteiger partial charge in [-0.15, -0.1) is 0 Å². The van der Waals surface area contributed by atoms with Gasteiger partial charge in [-0.2, -0.15) is 0 Å². The Bertz CT molecular complexity index is 1470.